The average Bonchev–Trinajstić information content (AvgIpc) is 3.00. The highest BCUT2D eigenvalue weighted by Gasteiger charge is 2.14. The van der Waals surface area contributed by atoms with E-state index in [-0.39, 0.29) is 24.0 Å². The minimum Gasteiger partial charge on any atom is -0.490 e. The van der Waals surface area contributed by atoms with E-state index >= 15 is 0 Å². The van der Waals surface area contributed by atoms with Gasteiger partial charge in [-0.1, -0.05) is 24.3 Å². The number of rotatable bonds is 5. The molecule has 8 heteroatoms. The topological polar surface area (TPSA) is 75.4 Å². The first-order chi connectivity index (χ1) is 14.7. The van der Waals surface area contributed by atoms with E-state index in [0.717, 1.165) is 61.9 Å². The Kier molecular flexibility index (Phi) is 8.79. The average molecular weight is 537 g/mol. The van der Waals surface area contributed by atoms with E-state index < -0.39 is 0 Å². The summed E-state index contributed by atoms with van der Waals surface area (Å²) in [5.41, 5.74) is 9.40. The molecule has 0 spiro atoms. The number of likely N-dealkylation sites (N-methyl/N-ethyl adjacent to an activating group) is 1. The smallest absolute Gasteiger partial charge is 0.193 e. The van der Waals surface area contributed by atoms with Crippen LogP contribution in [0.25, 0.3) is 0 Å². The van der Waals surface area contributed by atoms with E-state index in [2.05, 4.69) is 51.4 Å². The highest BCUT2D eigenvalue weighted by molar-refractivity contribution is 14.0. The fourth-order valence-electron chi connectivity index (χ4n) is 3.62. The van der Waals surface area contributed by atoms with E-state index in [9.17, 15) is 0 Å². The van der Waals surface area contributed by atoms with Crippen LogP contribution < -0.4 is 20.5 Å². The first kappa shape index (κ1) is 23.6. The SMILES string of the molecule is CN1CCN(Cc2ccc(CN=C(N)Nc3ccc4c(c3)OCCCO4)cc2)CC1.I. The second-order valence-electron chi connectivity index (χ2n) is 7.93. The van der Waals surface area contributed by atoms with Gasteiger partial charge in [0.1, 0.15) is 0 Å². The van der Waals surface area contributed by atoms with Gasteiger partial charge in [-0.25, -0.2) is 4.99 Å². The van der Waals surface area contributed by atoms with Crippen molar-refractivity contribution in [3.63, 3.8) is 0 Å². The molecule has 0 atom stereocenters. The van der Waals surface area contributed by atoms with Crippen molar-refractivity contribution in [2.75, 3.05) is 51.8 Å². The Morgan fingerprint density at radius 3 is 2.39 bits per heavy atom. The van der Waals surface area contributed by atoms with Crippen LogP contribution in [0.5, 0.6) is 11.5 Å². The lowest BCUT2D eigenvalue weighted by Crippen LogP contribution is -2.43. The van der Waals surface area contributed by atoms with E-state index in [1.54, 1.807) is 0 Å². The summed E-state index contributed by atoms with van der Waals surface area (Å²) >= 11 is 0. The number of benzene rings is 2. The summed E-state index contributed by atoms with van der Waals surface area (Å²) in [5, 5.41) is 3.13. The predicted octanol–water partition coefficient (Wildman–Crippen LogP) is 3.14. The third-order valence-corrected chi connectivity index (χ3v) is 5.48. The molecular formula is C23H32IN5O2. The summed E-state index contributed by atoms with van der Waals surface area (Å²) in [4.78, 5) is 9.35. The fraction of sp³-hybridized carbons (Fsp3) is 0.435. The molecule has 4 rings (SSSR count). The molecule has 31 heavy (non-hydrogen) atoms. The summed E-state index contributed by atoms with van der Waals surface area (Å²) < 4.78 is 11.4. The summed E-state index contributed by atoms with van der Waals surface area (Å²) in [7, 11) is 2.18. The molecule has 0 saturated carbocycles. The van der Waals surface area contributed by atoms with Crippen LogP contribution in [-0.2, 0) is 13.1 Å². The third kappa shape index (κ3) is 6.98. The number of ether oxygens (including phenoxy) is 2. The molecule has 2 aromatic carbocycles. The van der Waals surface area contributed by atoms with Crippen molar-refractivity contribution in [3.05, 3.63) is 53.6 Å². The Morgan fingerprint density at radius 1 is 0.968 bits per heavy atom. The number of nitrogens with zero attached hydrogens (tertiary/aromatic N) is 3. The molecule has 2 heterocycles. The minimum atomic E-state index is 0. The van der Waals surface area contributed by atoms with E-state index in [1.165, 1.54) is 5.56 Å². The Balaban J connectivity index is 0.00000272. The van der Waals surface area contributed by atoms with Gasteiger partial charge >= 0.3 is 0 Å². The van der Waals surface area contributed by atoms with Crippen LogP contribution in [-0.4, -0.2) is 62.2 Å². The van der Waals surface area contributed by atoms with Gasteiger partial charge in [0.15, 0.2) is 17.5 Å². The van der Waals surface area contributed by atoms with Gasteiger partial charge < -0.3 is 25.4 Å². The van der Waals surface area contributed by atoms with Crippen molar-refractivity contribution >= 4 is 35.6 Å². The van der Waals surface area contributed by atoms with Crippen molar-refractivity contribution in [1.29, 1.82) is 0 Å². The number of halogens is 1. The standard InChI is InChI=1S/C23H31N5O2.HI/c1-27-9-11-28(12-10-27)17-19-5-3-18(4-6-19)16-25-23(24)26-20-7-8-21-22(15-20)30-14-2-13-29-21;/h3-8,15H,2,9-14,16-17H2,1H3,(H3,24,25,26);1H. The number of nitrogens with two attached hydrogens (primary N) is 1. The monoisotopic (exact) mass is 537 g/mol. The number of hydrogen-bond acceptors (Lipinski definition) is 5. The summed E-state index contributed by atoms with van der Waals surface area (Å²) in [6.07, 6.45) is 0.884. The minimum absolute atomic E-state index is 0. The number of anilines is 1. The lowest BCUT2D eigenvalue weighted by atomic mass is 10.1. The fourth-order valence-corrected chi connectivity index (χ4v) is 3.62. The van der Waals surface area contributed by atoms with Gasteiger partial charge in [0.2, 0.25) is 0 Å². The molecule has 1 saturated heterocycles. The Morgan fingerprint density at radius 2 is 1.65 bits per heavy atom. The van der Waals surface area contributed by atoms with Gasteiger partial charge in [0, 0.05) is 50.9 Å². The zero-order valence-corrected chi connectivity index (χ0v) is 20.4. The van der Waals surface area contributed by atoms with Crippen molar-refractivity contribution in [2.24, 2.45) is 10.7 Å². The summed E-state index contributed by atoms with van der Waals surface area (Å²) in [6, 6.07) is 14.4. The molecule has 0 bridgehead atoms. The highest BCUT2D eigenvalue weighted by Crippen LogP contribution is 2.32. The number of piperazine rings is 1. The van der Waals surface area contributed by atoms with Gasteiger partial charge in [0.25, 0.3) is 0 Å². The van der Waals surface area contributed by atoms with E-state index in [0.29, 0.717) is 25.7 Å². The van der Waals surface area contributed by atoms with Gasteiger partial charge in [-0.05, 0) is 30.3 Å². The van der Waals surface area contributed by atoms with E-state index in [1.807, 2.05) is 18.2 Å². The Bertz CT molecular complexity index is 867. The molecule has 168 valence electrons. The number of fused-ring (bicyclic) bond motifs is 1. The normalized spacial score (nSPS) is 17.5. The van der Waals surface area contributed by atoms with Crippen LogP contribution >= 0.6 is 24.0 Å². The summed E-state index contributed by atoms with van der Waals surface area (Å²) in [6.45, 7) is 7.42. The van der Waals surface area contributed by atoms with Crippen LogP contribution in [0.15, 0.2) is 47.5 Å². The molecule has 0 unspecified atom stereocenters. The van der Waals surface area contributed by atoms with Crippen LogP contribution in [0.4, 0.5) is 5.69 Å². The van der Waals surface area contributed by atoms with E-state index in [4.69, 9.17) is 15.2 Å². The number of guanidine groups is 1. The maximum absolute atomic E-state index is 6.08. The molecular weight excluding hydrogens is 505 g/mol. The molecule has 2 aliphatic rings. The molecule has 2 aromatic rings. The molecule has 7 nitrogen and oxygen atoms in total. The Labute approximate surface area is 201 Å². The lowest BCUT2D eigenvalue weighted by molar-refractivity contribution is 0.148. The molecule has 0 radical (unpaired) electrons. The first-order valence-electron chi connectivity index (χ1n) is 10.6. The zero-order valence-electron chi connectivity index (χ0n) is 18.0. The number of nitrogens with one attached hydrogen (secondary N) is 1. The molecule has 2 aliphatic heterocycles. The molecule has 0 aromatic heterocycles. The lowest BCUT2D eigenvalue weighted by Gasteiger charge is -2.32. The molecule has 1 fully saturated rings. The predicted molar refractivity (Wildman–Crippen MR) is 136 cm³/mol. The molecule has 0 amide bonds. The number of hydrogen-bond donors (Lipinski definition) is 2. The van der Waals surface area contributed by atoms with Gasteiger partial charge in [-0.15, -0.1) is 24.0 Å². The quantitative estimate of drug-likeness (QED) is 0.347. The van der Waals surface area contributed by atoms with Crippen molar-refractivity contribution in [1.82, 2.24) is 9.80 Å². The van der Waals surface area contributed by atoms with Gasteiger partial charge in [0.05, 0.1) is 19.8 Å². The second kappa shape index (κ2) is 11.5. The zero-order chi connectivity index (χ0) is 20.8. The highest BCUT2D eigenvalue weighted by atomic mass is 127. The van der Waals surface area contributed by atoms with Crippen LogP contribution in [0.2, 0.25) is 0 Å². The molecule has 3 N–H and O–H groups in total. The first-order valence-corrected chi connectivity index (χ1v) is 10.6. The van der Waals surface area contributed by atoms with Crippen molar-refractivity contribution in [2.45, 2.75) is 19.5 Å². The maximum Gasteiger partial charge on any atom is 0.193 e. The van der Waals surface area contributed by atoms with Crippen LogP contribution in [0, 0.1) is 0 Å². The largest absolute Gasteiger partial charge is 0.490 e. The third-order valence-electron chi connectivity index (χ3n) is 5.48. The van der Waals surface area contributed by atoms with Gasteiger partial charge in [-0.3, -0.25) is 4.90 Å². The summed E-state index contributed by atoms with van der Waals surface area (Å²) in [5.74, 6) is 1.89. The van der Waals surface area contributed by atoms with Crippen molar-refractivity contribution < 1.29 is 9.47 Å². The van der Waals surface area contributed by atoms with Crippen LogP contribution in [0.3, 0.4) is 0 Å². The maximum atomic E-state index is 6.08. The second-order valence-corrected chi connectivity index (χ2v) is 7.93. The van der Waals surface area contributed by atoms with Crippen molar-refractivity contribution in [3.8, 4) is 11.5 Å². The Hall–Kier alpha value is -2.04. The number of aliphatic imine (C=N–C) groups is 1. The van der Waals surface area contributed by atoms with Crippen LogP contribution in [0.1, 0.15) is 17.5 Å². The molecule has 0 aliphatic carbocycles. The van der Waals surface area contributed by atoms with Gasteiger partial charge in [-0.2, -0.15) is 0 Å².